The zero-order chi connectivity index (χ0) is 15.0. The Kier molecular flexibility index (Phi) is 5.21. The van der Waals surface area contributed by atoms with Crippen molar-refractivity contribution in [3.63, 3.8) is 0 Å². The number of likely N-dealkylation sites (N-methyl/N-ethyl adjacent to an activating group) is 1. The van der Waals surface area contributed by atoms with Crippen molar-refractivity contribution in [3.8, 4) is 0 Å². The topological polar surface area (TPSA) is 32.3 Å². The van der Waals surface area contributed by atoms with Crippen molar-refractivity contribution in [2.24, 2.45) is 0 Å². The summed E-state index contributed by atoms with van der Waals surface area (Å²) in [6.45, 7) is 4.20. The molecule has 0 bridgehead atoms. The van der Waals surface area contributed by atoms with Gasteiger partial charge in [-0.2, -0.15) is 0 Å². The molecular weight excluding hydrogens is 337 g/mol. The van der Waals surface area contributed by atoms with Crippen LogP contribution in [-0.2, 0) is 12.0 Å². The number of benzene rings is 1. The highest BCUT2D eigenvalue weighted by atomic mass is 35.6. The second-order valence-corrected chi connectivity index (χ2v) is 8.61. The van der Waals surface area contributed by atoms with E-state index >= 15 is 0 Å². The molecule has 20 heavy (non-hydrogen) atoms. The standard InChI is InChI=1S/C14H18Cl3NOS/c1-3-18-12(14(15,16)17)13(2,19)10-5-4-9-6-7-20-11(9)8-10/h4-5,8,12,18-19H,3,6-7H2,1-2H3. The van der Waals surface area contributed by atoms with Gasteiger partial charge >= 0.3 is 0 Å². The quantitative estimate of drug-likeness (QED) is 0.805. The summed E-state index contributed by atoms with van der Waals surface area (Å²) in [5.41, 5.74) is 0.825. The minimum atomic E-state index is -1.59. The van der Waals surface area contributed by atoms with Gasteiger partial charge in [0.2, 0.25) is 3.79 Å². The molecule has 0 radical (unpaired) electrons. The number of nitrogens with one attached hydrogen (secondary N) is 1. The van der Waals surface area contributed by atoms with Crippen LogP contribution < -0.4 is 5.32 Å². The smallest absolute Gasteiger partial charge is 0.208 e. The lowest BCUT2D eigenvalue weighted by molar-refractivity contribution is 0.0167. The van der Waals surface area contributed by atoms with Gasteiger partial charge < -0.3 is 10.4 Å². The summed E-state index contributed by atoms with van der Waals surface area (Å²) in [4.78, 5) is 1.21. The van der Waals surface area contributed by atoms with E-state index in [0.29, 0.717) is 6.54 Å². The minimum Gasteiger partial charge on any atom is -0.384 e. The Balaban J connectivity index is 2.37. The Labute approximate surface area is 139 Å². The number of aliphatic hydroxyl groups is 1. The van der Waals surface area contributed by atoms with Crippen molar-refractivity contribution in [3.05, 3.63) is 29.3 Å². The third-order valence-corrected chi connectivity index (χ3v) is 5.33. The predicted molar refractivity (Wildman–Crippen MR) is 88.2 cm³/mol. The van der Waals surface area contributed by atoms with Gasteiger partial charge in [0.1, 0.15) is 5.60 Å². The lowest BCUT2D eigenvalue weighted by Crippen LogP contribution is -2.54. The highest BCUT2D eigenvalue weighted by Crippen LogP contribution is 2.42. The SMILES string of the molecule is CCNC(C(Cl)(Cl)Cl)C(C)(O)c1ccc2c(c1)SCC2. The first-order valence-corrected chi connectivity index (χ1v) is 8.67. The van der Waals surface area contributed by atoms with Crippen molar-refractivity contribution in [1.82, 2.24) is 5.32 Å². The molecule has 2 N–H and O–H groups in total. The van der Waals surface area contributed by atoms with E-state index in [9.17, 15) is 5.11 Å². The van der Waals surface area contributed by atoms with Gasteiger partial charge in [0, 0.05) is 10.6 Å². The predicted octanol–water partition coefficient (Wildman–Crippen LogP) is 3.89. The molecular formula is C14H18Cl3NOS. The molecule has 2 unspecified atom stereocenters. The Hall–Kier alpha value is 0.360. The third-order valence-electron chi connectivity index (χ3n) is 3.58. The summed E-state index contributed by atoms with van der Waals surface area (Å²) in [6.07, 6.45) is 1.07. The van der Waals surface area contributed by atoms with Crippen LogP contribution in [0.15, 0.2) is 23.1 Å². The summed E-state index contributed by atoms with van der Waals surface area (Å²) in [7, 11) is 0. The van der Waals surface area contributed by atoms with Gasteiger partial charge in [0.25, 0.3) is 0 Å². The van der Waals surface area contributed by atoms with E-state index in [0.717, 1.165) is 17.7 Å². The lowest BCUT2D eigenvalue weighted by atomic mass is 9.88. The van der Waals surface area contributed by atoms with Crippen LogP contribution in [0.3, 0.4) is 0 Å². The fourth-order valence-corrected chi connectivity index (χ4v) is 4.46. The molecule has 0 saturated heterocycles. The van der Waals surface area contributed by atoms with Crippen LogP contribution in [0, 0.1) is 0 Å². The van der Waals surface area contributed by atoms with Gasteiger partial charge in [-0.1, -0.05) is 53.9 Å². The molecule has 2 nitrogen and oxygen atoms in total. The Morgan fingerprint density at radius 1 is 1.40 bits per heavy atom. The summed E-state index contributed by atoms with van der Waals surface area (Å²) in [5.74, 6) is 1.09. The maximum atomic E-state index is 10.9. The molecule has 0 saturated carbocycles. The molecule has 112 valence electrons. The van der Waals surface area contributed by atoms with Crippen LogP contribution in [0.1, 0.15) is 25.0 Å². The van der Waals surface area contributed by atoms with Gasteiger partial charge in [-0.05, 0) is 37.1 Å². The van der Waals surface area contributed by atoms with Crippen LogP contribution in [0.4, 0.5) is 0 Å². The van der Waals surface area contributed by atoms with Crippen molar-refractivity contribution in [2.75, 3.05) is 12.3 Å². The number of hydrogen-bond acceptors (Lipinski definition) is 3. The lowest BCUT2D eigenvalue weighted by Gasteiger charge is -2.38. The highest BCUT2D eigenvalue weighted by Gasteiger charge is 2.46. The summed E-state index contributed by atoms with van der Waals surface area (Å²) >= 11 is 19.9. The van der Waals surface area contributed by atoms with Gasteiger partial charge in [-0.15, -0.1) is 11.8 Å². The fraction of sp³-hybridized carbons (Fsp3) is 0.571. The Morgan fingerprint density at radius 2 is 2.10 bits per heavy atom. The normalized spacial score (nSPS) is 19.5. The van der Waals surface area contributed by atoms with Crippen LogP contribution in [-0.4, -0.2) is 27.2 Å². The summed E-state index contributed by atoms with van der Waals surface area (Å²) in [5, 5.41) is 14.0. The second kappa shape index (κ2) is 6.23. The van der Waals surface area contributed by atoms with Crippen LogP contribution in [0.2, 0.25) is 0 Å². The van der Waals surface area contributed by atoms with E-state index in [1.54, 1.807) is 18.7 Å². The average Bonchev–Trinajstić information content (AvgIpc) is 2.81. The molecule has 2 rings (SSSR count). The fourth-order valence-electron chi connectivity index (χ4n) is 2.49. The van der Waals surface area contributed by atoms with Gasteiger partial charge in [0.15, 0.2) is 0 Å². The van der Waals surface area contributed by atoms with E-state index in [2.05, 4.69) is 11.4 Å². The molecule has 1 aliphatic heterocycles. The molecule has 0 amide bonds. The average molecular weight is 355 g/mol. The number of alkyl halides is 3. The van der Waals surface area contributed by atoms with Crippen molar-refractivity contribution in [1.29, 1.82) is 0 Å². The van der Waals surface area contributed by atoms with Crippen molar-refractivity contribution < 1.29 is 5.11 Å². The molecule has 2 atom stereocenters. The van der Waals surface area contributed by atoms with E-state index in [-0.39, 0.29) is 0 Å². The third kappa shape index (κ3) is 3.40. The second-order valence-electron chi connectivity index (χ2n) is 5.10. The zero-order valence-corrected chi connectivity index (χ0v) is 14.5. The van der Waals surface area contributed by atoms with Crippen LogP contribution >= 0.6 is 46.6 Å². The van der Waals surface area contributed by atoms with E-state index in [4.69, 9.17) is 34.8 Å². The molecule has 6 heteroatoms. The van der Waals surface area contributed by atoms with Gasteiger partial charge in [-0.25, -0.2) is 0 Å². The molecule has 1 aliphatic rings. The number of halogens is 3. The first-order chi connectivity index (χ1) is 9.26. The van der Waals surface area contributed by atoms with Crippen molar-refractivity contribution in [2.45, 2.75) is 40.6 Å². The first-order valence-electron chi connectivity index (χ1n) is 6.55. The van der Waals surface area contributed by atoms with Crippen molar-refractivity contribution >= 4 is 46.6 Å². The van der Waals surface area contributed by atoms with Gasteiger partial charge in [-0.3, -0.25) is 0 Å². The van der Waals surface area contributed by atoms with E-state index < -0.39 is 15.4 Å². The number of aryl methyl sites for hydroxylation is 1. The van der Waals surface area contributed by atoms with E-state index in [1.165, 1.54) is 10.5 Å². The summed E-state index contributed by atoms with van der Waals surface area (Å²) < 4.78 is -1.59. The maximum Gasteiger partial charge on any atom is 0.208 e. The number of thioether (sulfide) groups is 1. The molecule has 1 heterocycles. The molecule has 1 aromatic rings. The van der Waals surface area contributed by atoms with Crippen LogP contribution in [0.25, 0.3) is 0 Å². The Morgan fingerprint density at radius 3 is 2.70 bits per heavy atom. The Bertz CT molecular complexity index is 488. The zero-order valence-electron chi connectivity index (χ0n) is 11.4. The summed E-state index contributed by atoms with van der Waals surface area (Å²) in [6, 6.07) is 5.30. The largest absolute Gasteiger partial charge is 0.384 e. The number of rotatable bonds is 4. The minimum absolute atomic E-state index is 0.606. The maximum absolute atomic E-state index is 10.9. The van der Waals surface area contributed by atoms with Gasteiger partial charge in [0.05, 0.1) is 6.04 Å². The number of fused-ring (bicyclic) bond motifs is 1. The highest BCUT2D eigenvalue weighted by molar-refractivity contribution is 7.99. The number of hydrogen-bond donors (Lipinski definition) is 2. The molecule has 0 aromatic heterocycles. The molecule has 1 aromatic carbocycles. The first kappa shape index (κ1) is 16.7. The molecule has 0 fully saturated rings. The molecule has 0 spiro atoms. The van der Waals surface area contributed by atoms with E-state index in [1.807, 2.05) is 19.1 Å². The molecule has 0 aliphatic carbocycles. The monoisotopic (exact) mass is 353 g/mol. The van der Waals surface area contributed by atoms with Crippen LogP contribution in [0.5, 0.6) is 0 Å².